The molecule has 7 atom stereocenters. The molecular formula is C24H37NO13Si. The number of carbonyl (C=O) groups is 5. The van der Waals surface area contributed by atoms with E-state index in [0.29, 0.717) is 0 Å². The van der Waals surface area contributed by atoms with Crippen LogP contribution in [-0.2, 0) is 52.1 Å². The molecule has 0 bridgehead atoms. The Bertz CT molecular complexity index is 960. The first-order valence-corrected chi connectivity index (χ1v) is 15.6. The first-order valence-electron chi connectivity index (χ1n) is 12.2. The molecule has 0 aromatic heterocycles. The highest BCUT2D eigenvalue weighted by molar-refractivity contribution is 6.69. The Morgan fingerprint density at radius 1 is 0.846 bits per heavy atom. The molecule has 0 fully saturated rings. The van der Waals surface area contributed by atoms with Crippen molar-refractivity contribution in [1.29, 1.82) is 0 Å². The molecule has 0 saturated carbocycles. The van der Waals surface area contributed by atoms with Gasteiger partial charge in [0, 0.05) is 39.5 Å². The maximum Gasteiger partial charge on any atom is 0.303 e. The van der Waals surface area contributed by atoms with Gasteiger partial charge < -0.3 is 28.1 Å². The number of hydrogen-bond acceptors (Lipinski definition) is 13. The third kappa shape index (κ3) is 11.5. The molecule has 0 amide bonds. The normalized spacial score (nSPS) is 21.9. The minimum Gasteiger partial charge on any atom is -0.462 e. The van der Waals surface area contributed by atoms with Gasteiger partial charge >= 0.3 is 29.8 Å². The molecule has 0 aromatic rings. The second-order valence-corrected chi connectivity index (χ2v) is 14.4. The van der Waals surface area contributed by atoms with E-state index in [1.165, 1.54) is 0 Å². The zero-order valence-electron chi connectivity index (χ0n) is 23.4. The predicted molar refractivity (Wildman–Crippen MR) is 135 cm³/mol. The summed E-state index contributed by atoms with van der Waals surface area (Å²) >= 11 is 0. The summed E-state index contributed by atoms with van der Waals surface area (Å²) in [5, 5.41) is 12.3. The molecule has 15 heteroatoms. The largest absolute Gasteiger partial charge is 0.462 e. The van der Waals surface area contributed by atoms with E-state index in [9.17, 15) is 34.1 Å². The number of allylic oxidation sites excluding steroid dienone is 1. The van der Waals surface area contributed by atoms with Gasteiger partial charge in [0.25, 0.3) is 0 Å². The average Bonchev–Trinajstić information content (AvgIpc) is 2.75. The molecule has 0 spiro atoms. The third-order valence-corrected chi connectivity index (χ3v) is 6.33. The smallest absolute Gasteiger partial charge is 0.303 e. The Hall–Kier alpha value is -3.33. The van der Waals surface area contributed by atoms with Gasteiger partial charge in [0.05, 0.1) is 5.92 Å². The molecule has 0 saturated heterocycles. The number of rotatable bonds is 13. The van der Waals surface area contributed by atoms with Crippen LogP contribution in [0.25, 0.3) is 0 Å². The number of nitrogens with zero attached hydrogens (tertiary/aromatic N) is 1. The number of ether oxygens (including phenoxy) is 5. The summed E-state index contributed by atoms with van der Waals surface area (Å²) in [6.07, 6.45) is -4.31. The van der Waals surface area contributed by atoms with Crippen LogP contribution in [0.1, 0.15) is 41.0 Å². The summed E-state index contributed by atoms with van der Waals surface area (Å²) in [7, 11) is -2.31. The lowest BCUT2D eigenvalue weighted by molar-refractivity contribution is -0.544. The third-order valence-electron chi connectivity index (χ3n) is 5.35. The Kier molecular flexibility index (Phi) is 12.7. The summed E-state index contributed by atoms with van der Waals surface area (Å²) in [4.78, 5) is 71.8. The van der Waals surface area contributed by atoms with Crippen molar-refractivity contribution in [2.24, 2.45) is 5.92 Å². The van der Waals surface area contributed by atoms with Crippen molar-refractivity contribution in [3.05, 3.63) is 22.3 Å². The van der Waals surface area contributed by atoms with Crippen molar-refractivity contribution in [3.63, 3.8) is 0 Å². The maximum absolute atomic E-state index is 12.3. The molecule has 0 unspecified atom stereocenters. The standard InChI is InChI=1S/C24H37NO13Si/c1-13(26)33-12-20(34-14(2)27)23(36-16(4)29)24(37-17(5)30)22(35-15(3)28)18-10-9-11-19(21(18)25(31)32)38-39(6,7)8/h9,11,18-24H,10,12H2,1-8H3/t18-,19-,20+,21+,22+,23+,24+/m0/s1. The van der Waals surface area contributed by atoms with Crippen LogP contribution in [0.15, 0.2) is 12.2 Å². The van der Waals surface area contributed by atoms with Crippen LogP contribution in [0.4, 0.5) is 0 Å². The highest BCUT2D eigenvalue weighted by Crippen LogP contribution is 2.34. The molecule has 1 aliphatic rings. The van der Waals surface area contributed by atoms with Crippen LogP contribution in [0, 0.1) is 16.0 Å². The van der Waals surface area contributed by atoms with E-state index in [4.69, 9.17) is 28.1 Å². The predicted octanol–water partition coefficient (Wildman–Crippen LogP) is 1.72. The maximum atomic E-state index is 12.3. The van der Waals surface area contributed by atoms with Crippen LogP contribution in [0.3, 0.4) is 0 Å². The molecule has 220 valence electrons. The van der Waals surface area contributed by atoms with Crippen molar-refractivity contribution < 1.29 is 57.0 Å². The Balaban J connectivity index is 3.77. The van der Waals surface area contributed by atoms with Crippen LogP contribution < -0.4 is 0 Å². The summed E-state index contributed by atoms with van der Waals surface area (Å²) in [5.41, 5.74) is 0. The van der Waals surface area contributed by atoms with E-state index in [1.54, 1.807) is 12.2 Å². The summed E-state index contributed by atoms with van der Waals surface area (Å²) in [5.74, 6) is -5.45. The van der Waals surface area contributed by atoms with E-state index in [0.717, 1.165) is 34.6 Å². The SMILES string of the molecule is CC(=O)OC[C@@H](OC(C)=O)[C@@H](OC(C)=O)[C@H](OC(C)=O)[C@H](OC(C)=O)[C@H]1CC=C[C@H](O[Si](C)(C)C)[C@@H]1[N+](=O)[O-]. The topological polar surface area (TPSA) is 184 Å². The van der Waals surface area contributed by atoms with Gasteiger partial charge in [0.1, 0.15) is 12.7 Å². The van der Waals surface area contributed by atoms with E-state index in [1.807, 2.05) is 19.6 Å². The highest BCUT2D eigenvalue weighted by atomic mass is 28.4. The molecule has 14 nitrogen and oxygen atoms in total. The minimum atomic E-state index is -2.31. The van der Waals surface area contributed by atoms with Crippen molar-refractivity contribution in [1.82, 2.24) is 0 Å². The van der Waals surface area contributed by atoms with Gasteiger partial charge in [-0.15, -0.1) is 0 Å². The number of nitro groups is 1. The number of hydrogen-bond donors (Lipinski definition) is 0. The lowest BCUT2D eigenvalue weighted by Crippen LogP contribution is -2.59. The van der Waals surface area contributed by atoms with Gasteiger partial charge in [0.2, 0.25) is 6.04 Å². The Labute approximate surface area is 227 Å². The van der Waals surface area contributed by atoms with Gasteiger partial charge in [-0.05, 0) is 26.1 Å². The van der Waals surface area contributed by atoms with Crippen molar-refractivity contribution >= 4 is 38.2 Å². The molecule has 0 aliphatic heterocycles. The molecule has 39 heavy (non-hydrogen) atoms. The lowest BCUT2D eigenvalue weighted by atomic mass is 9.79. The van der Waals surface area contributed by atoms with E-state index in [-0.39, 0.29) is 6.42 Å². The van der Waals surface area contributed by atoms with Crippen LogP contribution >= 0.6 is 0 Å². The van der Waals surface area contributed by atoms with Crippen LogP contribution in [0.2, 0.25) is 19.6 Å². The van der Waals surface area contributed by atoms with E-state index < -0.39 is 92.2 Å². The molecule has 0 radical (unpaired) electrons. The molecule has 0 N–H and O–H groups in total. The van der Waals surface area contributed by atoms with Gasteiger partial charge in [0.15, 0.2) is 32.7 Å². The molecular weight excluding hydrogens is 538 g/mol. The Morgan fingerprint density at radius 3 is 1.79 bits per heavy atom. The Morgan fingerprint density at radius 2 is 1.36 bits per heavy atom. The monoisotopic (exact) mass is 575 g/mol. The first-order chi connectivity index (χ1) is 17.9. The van der Waals surface area contributed by atoms with Gasteiger partial charge in [-0.3, -0.25) is 34.1 Å². The summed E-state index contributed by atoms with van der Waals surface area (Å²) in [6.45, 7) is 10.2. The fourth-order valence-electron chi connectivity index (χ4n) is 4.25. The lowest BCUT2D eigenvalue weighted by Gasteiger charge is -2.41. The van der Waals surface area contributed by atoms with Crippen LogP contribution in [-0.4, -0.2) is 86.3 Å². The van der Waals surface area contributed by atoms with Gasteiger partial charge in [-0.25, -0.2) is 0 Å². The summed E-state index contributed by atoms with van der Waals surface area (Å²) in [6, 6.07) is -1.46. The minimum absolute atomic E-state index is 0.00187. The summed E-state index contributed by atoms with van der Waals surface area (Å²) < 4.78 is 32.6. The average molecular weight is 576 g/mol. The van der Waals surface area contributed by atoms with Crippen molar-refractivity contribution in [2.75, 3.05) is 6.61 Å². The molecule has 1 aliphatic carbocycles. The van der Waals surface area contributed by atoms with Gasteiger partial charge in [-0.1, -0.05) is 12.2 Å². The second kappa shape index (κ2) is 14.7. The van der Waals surface area contributed by atoms with Crippen LogP contribution in [0.5, 0.6) is 0 Å². The van der Waals surface area contributed by atoms with E-state index >= 15 is 0 Å². The van der Waals surface area contributed by atoms with Crippen molar-refractivity contribution in [2.45, 2.75) is 97.2 Å². The van der Waals surface area contributed by atoms with Gasteiger partial charge in [-0.2, -0.15) is 0 Å². The fraction of sp³-hybridized carbons (Fsp3) is 0.708. The number of carbonyl (C=O) groups excluding carboxylic acids is 5. The van der Waals surface area contributed by atoms with Crippen molar-refractivity contribution in [3.8, 4) is 0 Å². The molecule has 1 rings (SSSR count). The zero-order chi connectivity index (χ0) is 30.1. The molecule has 0 aromatic carbocycles. The first kappa shape index (κ1) is 33.7. The molecule has 0 heterocycles. The second-order valence-electron chi connectivity index (χ2n) is 9.97. The van der Waals surface area contributed by atoms with E-state index in [2.05, 4.69) is 0 Å². The highest BCUT2D eigenvalue weighted by Gasteiger charge is 2.54. The quantitative estimate of drug-likeness (QED) is 0.0773. The zero-order valence-corrected chi connectivity index (χ0v) is 24.4. The number of esters is 5. The fourth-order valence-corrected chi connectivity index (χ4v) is 5.28.